The summed E-state index contributed by atoms with van der Waals surface area (Å²) < 4.78 is 13.8. The van der Waals surface area contributed by atoms with Crippen molar-refractivity contribution in [3.05, 3.63) is 65.0 Å². The Morgan fingerprint density at radius 1 is 1.33 bits per heavy atom. The number of carboxylic acid groups (broad SMARTS) is 1. The fourth-order valence-corrected chi connectivity index (χ4v) is 1.99. The Labute approximate surface area is 121 Å². The number of benzene rings is 2. The molecular formula is C16H13FN2O2. The van der Waals surface area contributed by atoms with Gasteiger partial charge in [0.15, 0.2) is 0 Å². The van der Waals surface area contributed by atoms with E-state index < -0.39 is 11.8 Å². The number of hydrogen-bond donors (Lipinski definition) is 1. The molecule has 0 saturated carbocycles. The van der Waals surface area contributed by atoms with Crippen LogP contribution in [0.2, 0.25) is 0 Å². The van der Waals surface area contributed by atoms with Crippen molar-refractivity contribution in [3.63, 3.8) is 0 Å². The summed E-state index contributed by atoms with van der Waals surface area (Å²) in [4.78, 5) is 12.7. The van der Waals surface area contributed by atoms with Crippen molar-refractivity contribution in [2.24, 2.45) is 0 Å². The molecule has 4 nitrogen and oxygen atoms in total. The zero-order valence-corrected chi connectivity index (χ0v) is 11.4. The summed E-state index contributed by atoms with van der Waals surface area (Å²) in [5.74, 6) is -1.55. The summed E-state index contributed by atoms with van der Waals surface area (Å²) in [6.07, 6.45) is 0. The molecule has 2 aromatic carbocycles. The van der Waals surface area contributed by atoms with Crippen LogP contribution in [0.3, 0.4) is 0 Å². The molecule has 0 saturated heterocycles. The zero-order chi connectivity index (χ0) is 15.4. The number of hydrogen-bond acceptors (Lipinski definition) is 3. The number of halogens is 1. The molecule has 0 radical (unpaired) electrons. The number of rotatable bonds is 4. The first kappa shape index (κ1) is 14.5. The third-order valence-corrected chi connectivity index (χ3v) is 3.12. The molecule has 0 amide bonds. The van der Waals surface area contributed by atoms with Crippen molar-refractivity contribution in [1.29, 1.82) is 5.26 Å². The summed E-state index contributed by atoms with van der Waals surface area (Å²) >= 11 is 0. The Morgan fingerprint density at radius 3 is 2.76 bits per heavy atom. The summed E-state index contributed by atoms with van der Waals surface area (Å²) in [7, 11) is 1.75. The minimum absolute atomic E-state index is 0.0468. The van der Waals surface area contributed by atoms with Gasteiger partial charge in [0.1, 0.15) is 5.82 Å². The second kappa shape index (κ2) is 6.06. The van der Waals surface area contributed by atoms with E-state index in [0.717, 1.165) is 11.8 Å². The molecule has 1 N–H and O–H groups in total. The van der Waals surface area contributed by atoms with Crippen LogP contribution in [0.15, 0.2) is 42.5 Å². The predicted molar refractivity (Wildman–Crippen MR) is 76.6 cm³/mol. The first-order chi connectivity index (χ1) is 10.0. The second-order valence-corrected chi connectivity index (χ2v) is 4.63. The largest absolute Gasteiger partial charge is 0.478 e. The van der Waals surface area contributed by atoms with Crippen LogP contribution in [0.4, 0.5) is 10.1 Å². The molecule has 0 atom stereocenters. The number of nitrogens with zero attached hydrogens (tertiary/aromatic N) is 2. The molecule has 0 spiro atoms. The van der Waals surface area contributed by atoms with Gasteiger partial charge in [0.25, 0.3) is 0 Å². The van der Waals surface area contributed by atoms with Crippen LogP contribution in [0.25, 0.3) is 0 Å². The van der Waals surface area contributed by atoms with E-state index in [2.05, 4.69) is 0 Å². The highest BCUT2D eigenvalue weighted by molar-refractivity contribution is 5.87. The van der Waals surface area contributed by atoms with Crippen LogP contribution in [0.5, 0.6) is 0 Å². The number of carboxylic acids is 1. The van der Waals surface area contributed by atoms with Crippen LogP contribution in [-0.4, -0.2) is 18.1 Å². The van der Waals surface area contributed by atoms with Crippen LogP contribution in [0.1, 0.15) is 21.5 Å². The Hall–Kier alpha value is -2.87. The second-order valence-electron chi connectivity index (χ2n) is 4.63. The highest BCUT2D eigenvalue weighted by atomic mass is 19.1. The van der Waals surface area contributed by atoms with Crippen molar-refractivity contribution in [2.45, 2.75) is 6.54 Å². The van der Waals surface area contributed by atoms with Gasteiger partial charge in [0.05, 0.1) is 17.2 Å². The minimum Gasteiger partial charge on any atom is -0.478 e. The Balaban J connectivity index is 2.26. The summed E-state index contributed by atoms with van der Waals surface area (Å²) in [6, 6.07) is 12.7. The smallest absolute Gasteiger partial charge is 0.335 e. The number of aromatic carboxylic acids is 1. The maximum atomic E-state index is 13.8. The molecule has 0 fully saturated rings. The molecule has 0 heterocycles. The number of carbonyl (C=O) groups is 1. The Bertz CT molecular complexity index is 722. The predicted octanol–water partition coefficient (Wildman–Crippen LogP) is 3.03. The summed E-state index contributed by atoms with van der Waals surface area (Å²) in [5.41, 5.74) is 1.61. The molecule has 0 unspecified atom stereocenters. The number of anilines is 1. The van der Waals surface area contributed by atoms with E-state index in [1.807, 2.05) is 6.07 Å². The third kappa shape index (κ3) is 3.37. The highest BCUT2D eigenvalue weighted by Crippen LogP contribution is 2.19. The fourth-order valence-electron chi connectivity index (χ4n) is 1.99. The monoisotopic (exact) mass is 284 g/mol. The fraction of sp³-hybridized carbons (Fsp3) is 0.125. The number of nitriles is 1. The quantitative estimate of drug-likeness (QED) is 0.937. The molecular weight excluding hydrogens is 271 g/mol. The van der Waals surface area contributed by atoms with Gasteiger partial charge in [-0.05, 0) is 36.4 Å². The van der Waals surface area contributed by atoms with Gasteiger partial charge in [-0.15, -0.1) is 0 Å². The van der Waals surface area contributed by atoms with Crippen molar-refractivity contribution < 1.29 is 14.3 Å². The van der Waals surface area contributed by atoms with Gasteiger partial charge in [0, 0.05) is 24.8 Å². The molecule has 0 aromatic heterocycles. The van der Waals surface area contributed by atoms with Gasteiger partial charge in [0.2, 0.25) is 0 Å². The average molecular weight is 284 g/mol. The maximum Gasteiger partial charge on any atom is 0.335 e. The molecule has 0 bridgehead atoms. The van der Waals surface area contributed by atoms with Crippen molar-refractivity contribution in [1.82, 2.24) is 0 Å². The Morgan fingerprint density at radius 2 is 2.10 bits per heavy atom. The molecule has 0 aliphatic heterocycles. The summed E-state index contributed by atoms with van der Waals surface area (Å²) in [6.45, 7) is 0.210. The maximum absolute atomic E-state index is 13.8. The lowest BCUT2D eigenvalue weighted by Crippen LogP contribution is -2.17. The van der Waals surface area contributed by atoms with E-state index in [1.54, 1.807) is 36.2 Å². The SMILES string of the molecule is CN(Cc1cc(C(=O)O)ccc1F)c1cccc(C#N)c1. The van der Waals surface area contributed by atoms with E-state index in [4.69, 9.17) is 10.4 Å². The van der Waals surface area contributed by atoms with Gasteiger partial charge in [-0.1, -0.05) is 6.07 Å². The first-order valence-electron chi connectivity index (χ1n) is 6.24. The van der Waals surface area contributed by atoms with E-state index in [1.165, 1.54) is 12.1 Å². The van der Waals surface area contributed by atoms with Gasteiger partial charge < -0.3 is 10.0 Å². The third-order valence-electron chi connectivity index (χ3n) is 3.12. The Kier molecular flexibility index (Phi) is 4.19. The lowest BCUT2D eigenvalue weighted by molar-refractivity contribution is 0.0696. The van der Waals surface area contributed by atoms with Gasteiger partial charge >= 0.3 is 5.97 Å². The zero-order valence-electron chi connectivity index (χ0n) is 11.4. The minimum atomic E-state index is -1.09. The van der Waals surface area contributed by atoms with Gasteiger partial charge in [-0.3, -0.25) is 0 Å². The van der Waals surface area contributed by atoms with E-state index in [9.17, 15) is 9.18 Å². The lowest BCUT2D eigenvalue weighted by Gasteiger charge is -2.20. The van der Waals surface area contributed by atoms with Crippen LogP contribution in [-0.2, 0) is 6.54 Å². The molecule has 5 heteroatoms. The molecule has 21 heavy (non-hydrogen) atoms. The molecule has 0 aliphatic rings. The van der Waals surface area contributed by atoms with Crippen molar-refractivity contribution in [2.75, 3.05) is 11.9 Å². The van der Waals surface area contributed by atoms with Gasteiger partial charge in [-0.2, -0.15) is 5.26 Å². The van der Waals surface area contributed by atoms with Crippen molar-refractivity contribution in [3.8, 4) is 6.07 Å². The highest BCUT2D eigenvalue weighted by Gasteiger charge is 2.11. The van der Waals surface area contributed by atoms with E-state index in [-0.39, 0.29) is 12.1 Å². The summed E-state index contributed by atoms with van der Waals surface area (Å²) in [5, 5.41) is 17.8. The molecule has 106 valence electrons. The van der Waals surface area contributed by atoms with Crippen LogP contribution >= 0.6 is 0 Å². The normalized spacial score (nSPS) is 9.95. The topological polar surface area (TPSA) is 64.3 Å². The lowest BCUT2D eigenvalue weighted by atomic mass is 10.1. The van der Waals surface area contributed by atoms with Crippen molar-refractivity contribution >= 4 is 11.7 Å². The standard InChI is InChI=1S/C16H13FN2O2/c1-19(14-4-2-3-11(7-14)9-18)10-13-8-12(16(20)21)5-6-15(13)17/h2-8H,10H2,1H3,(H,20,21). The molecule has 2 rings (SSSR count). The van der Waals surface area contributed by atoms with Crippen LogP contribution < -0.4 is 4.90 Å². The van der Waals surface area contributed by atoms with Crippen LogP contribution in [0, 0.1) is 17.1 Å². The average Bonchev–Trinajstić information content (AvgIpc) is 2.49. The molecule has 2 aromatic rings. The van der Waals surface area contributed by atoms with Gasteiger partial charge in [-0.25, -0.2) is 9.18 Å². The molecule has 0 aliphatic carbocycles. The van der Waals surface area contributed by atoms with E-state index >= 15 is 0 Å². The first-order valence-corrected chi connectivity index (χ1v) is 6.24. The van der Waals surface area contributed by atoms with E-state index in [0.29, 0.717) is 11.1 Å².